The van der Waals surface area contributed by atoms with E-state index in [1.807, 2.05) is 0 Å². The predicted molar refractivity (Wildman–Crippen MR) is 52.8 cm³/mol. The lowest BCUT2D eigenvalue weighted by molar-refractivity contribution is -0.115. The molecule has 0 aromatic rings. The van der Waals surface area contributed by atoms with Gasteiger partial charge in [-0.05, 0) is 31.9 Å². The van der Waals surface area contributed by atoms with Gasteiger partial charge in [-0.2, -0.15) is 0 Å². The standard InChI is InChI=1S/C7H4Br2N2O2/c8-3-1-4(12)6(11-2-10-11)5(9)7(3)13/h1,10H,2H2. The molecular formula is C7H4Br2N2O2. The number of halogens is 2. The van der Waals surface area contributed by atoms with E-state index in [1.165, 1.54) is 6.08 Å². The fourth-order valence-electron chi connectivity index (χ4n) is 1.01. The molecule has 0 radical (unpaired) electrons. The molecule has 0 aromatic carbocycles. The van der Waals surface area contributed by atoms with Crippen LogP contribution in [0.1, 0.15) is 0 Å². The van der Waals surface area contributed by atoms with Crippen LogP contribution in [0, 0.1) is 0 Å². The molecule has 0 amide bonds. The van der Waals surface area contributed by atoms with Gasteiger partial charge in [0.25, 0.3) is 0 Å². The largest absolute Gasteiger partial charge is 0.287 e. The van der Waals surface area contributed by atoms with Crippen molar-refractivity contribution in [3.63, 3.8) is 0 Å². The van der Waals surface area contributed by atoms with Crippen LogP contribution in [0.25, 0.3) is 0 Å². The first-order chi connectivity index (χ1) is 6.11. The number of hydrazine groups is 1. The summed E-state index contributed by atoms with van der Waals surface area (Å²) in [6, 6.07) is 0. The fourth-order valence-corrected chi connectivity index (χ4v) is 2.31. The number of hydrogen-bond acceptors (Lipinski definition) is 4. The number of nitrogens with one attached hydrogen (secondary N) is 1. The molecule has 1 fully saturated rings. The van der Waals surface area contributed by atoms with Crippen LogP contribution in [0.5, 0.6) is 0 Å². The van der Waals surface area contributed by atoms with Crippen LogP contribution < -0.4 is 5.43 Å². The summed E-state index contributed by atoms with van der Waals surface area (Å²) in [6.45, 7) is 0.606. The molecule has 6 heteroatoms. The van der Waals surface area contributed by atoms with Crippen molar-refractivity contribution in [2.75, 3.05) is 6.67 Å². The average molecular weight is 308 g/mol. The Balaban J connectivity index is 2.43. The number of nitrogens with zero attached hydrogens (tertiary/aromatic N) is 1. The van der Waals surface area contributed by atoms with Crippen molar-refractivity contribution in [1.29, 1.82) is 0 Å². The molecule has 0 atom stereocenters. The van der Waals surface area contributed by atoms with Crippen molar-refractivity contribution in [3.8, 4) is 0 Å². The third kappa shape index (κ3) is 1.49. The van der Waals surface area contributed by atoms with Gasteiger partial charge in [0.15, 0.2) is 0 Å². The summed E-state index contributed by atoms with van der Waals surface area (Å²) in [5.41, 5.74) is 3.21. The molecule has 13 heavy (non-hydrogen) atoms. The maximum atomic E-state index is 11.4. The lowest BCUT2D eigenvalue weighted by atomic mass is 10.1. The minimum absolute atomic E-state index is 0.177. The number of ketones is 2. The summed E-state index contributed by atoms with van der Waals surface area (Å²) in [7, 11) is 0. The number of carbonyl (C=O) groups is 2. The van der Waals surface area contributed by atoms with Gasteiger partial charge in [0.2, 0.25) is 11.6 Å². The maximum Gasteiger partial charge on any atom is 0.209 e. The first-order valence-corrected chi connectivity index (χ1v) is 5.07. The second kappa shape index (κ2) is 3.04. The predicted octanol–water partition coefficient (Wildman–Crippen LogP) is 0.801. The lowest BCUT2D eigenvalue weighted by Gasteiger charge is -2.11. The number of Topliss-reactive ketones (excluding diaryl/α,β-unsaturated/α-hetero) is 1. The Morgan fingerprint density at radius 3 is 2.54 bits per heavy atom. The molecule has 0 bridgehead atoms. The minimum Gasteiger partial charge on any atom is -0.287 e. The molecule has 0 saturated carbocycles. The smallest absolute Gasteiger partial charge is 0.209 e. The van der Waals surface area contributed by atoms with E-state index in [1.54, 1.807) is 5.01 Å². The van der Waals surface area contributed by atoms with Crippen molar-refractivity contribution in [3.05, 3.63) is 20.7 Å². The summed E-state index contributed by atoms with van der Waals surface area (Å²) in [4.78, 5) is 22.8. The van der Waals surface area contributed by atoms with Crippen LogP contribution in [-0.2, 0) is 9.59 Å². The molecule has 1 saturated heterocycles. The minimum atomic E-state index is -0.205. The number of carbonyl (C=O) groups excluding carboxylic acids is 2. The Bertz CT molecular complexity index is 369. The van der Waals surface area contributed by atoms with E-state index in [2.05, 4.69) is 37.3 Å². The topological polar surface area (TPSA) is 59.1 Å². The van der Waals surface area contributed by atoms with E-state index in [0.29, 0.717) is 16.8 Å². The molecular weight excluding hydrogens is 304 g/mol. The lowest BCUT2D eigenvalue weighted by Crippen LogP contribution is -2.20. The zero-order valence-corrected chi connectivity index (χ0v) is 9.48. The van der Waals surface area contributed by atoms with Gasteiger partial charge in [-0.1, -0.05) is 0 Å². The summed E-state index contributed by atoms with van der Waals surface area (Å²) < 4.78 is 0.590. The van der Waals surface area contributed by atoms with E-state index in [0.717, 1.165) is 0 Å². The van der Waals surface area contributed by atoms with Gasteiger partial charge in [0.1, 0.15) is 12.4 Å². The van der Waals surface area contributed by atoms with Gasteiger partial charge in [-0.25, -0.2) is 5.43 Å². The Morgan fingerprint density at radius 1 is 1.38 bits per heavy atom. The average Bonchev–Trinajstić information content (AvgIpc) is 2.84. The normalized spacial score (nSPS) is 22.3. The van der Waals surface area contributed by atoms with Crippen LogP contribution >= 0.6 is 31.9 Å². The highest BCUT2D eigenvalue weighted by molar-refractivity contribution is 9.13. The van der Waals surface area contributed by atoms with Crippen LogP contribution in [0.4, 0.5) is 0 Å². The van der Waals surface area contributed by atoms with E-state index in [4.69, 9.17) is 0 Å². The number of hydrogen-bond donors (Lipinski definition) is 1. The first-order valence-electron chi connectivity index (χ1n) is 3.48. The van der Waals surface area contributed by atoms with Crippen molar-refractivity contribution in [1.82, 2.24) is 10.4 Å². The zero-order chi connectivity index (χ0) is 9.59. The molecule has 1 heterocycles. The Labute approximate surface area is 90.9 Å². The van der Waals surface area contributed by atoms with Gasteiger partial charge >= 0.3 is 0 Å². The van der Waals surface area contributed by atoms with Gasteiger partial charge in [0, 0.05) is 6.08 Å². The molecule has 1 aliphatic carbocycles. The molecule has 0 unspecified atom stereocenters. The molecule has 1 aliphatic heterocycles. The van der Waals surface area contributed by atoms with Crippen LogP contribution in [0.2, 0.25) is 0 Å². The van der Waals surface area contributed by atoms with Gasteiger partial charge < -0.3 is 0 Å². The van der Waals surface area contributed by atoms with E-state index >= 15 is 0 Å². The summed E-state index contributed by atoms with van der Waals surface area (Å²) in [5.74, 6) is -0.383. The van der Waals surface area contributed by atoms with Crippen LogP contribution in [0.3, 0.4) is 0 Å². The Kier molecular flexibility index (Phi) is 2.13. The first kappa shape index (κ1) is 9.11. The highest BCUT2D eigenvalue weighted by atomic mass is 79.9. The molecule has 4 nitrogen and oxygen atoms in total. The summed E-state index contributed by atoms with van der Waals surface area (Å²) in [6.07, 6.45) is 1.28. The number of allylic oxidation sites excluding steroid dienone is 3. The van der Waals surface area contributed by atoms with Crippen molar-refractivity contribution >= 4 is 43.4 Å². The van der Waals surface area contributed by atoms with Crippen molar-refractivity contribution < 1.29 is 9.59 Å². The maximum absolute atomic E-state index is 11.4. The van der Waals surface area contributed by atoms with E-state index in [-0.39, 0.29) is 16.0 Å². The second-order valence-corrected chi connectivity index (χ2v) is 4.24. The third-order valence-corrected chi connectivity index (χ3v) is 3.03. The Morgan fingerprint density at radius 2 is 2.00 bits per heavy atom. The van der Waals surface area contributed by atoms with Crippen molar-refractivity contribution in [2.45, 2.75) is 0 Å². The van der Waals surface area contributed by atoms with Gasteiger partial charge in [0.05, 0.1) is 8.96 Å². The molecule has 0 aromatic heterocycles. The van der Waals surface area contributed by atoms with Crippen molar-refractivity contribution in [2.24, 2.45) is 0 Å². The van der Waals surface area contributed by atoms with Gasteiger partial charge in [-0.3, -0.25) is 14.6 Å². The zero-order valence-electron chi connectivity index (χ0n) is 6.30. The quantitative estimate of drug-likeness (QED) is 0.575. The molecule has 2 aliphatic rings. The summed E-state index contributed by atoms with van der Waals surface area (Å²) in [5, 5.41) is 1.61. The monoisotopic (exact) mass is 306 g/mol. The Hall–Kier alpha value is -0.460. The van der Waals surface area contributed by atoms with Crippen LogP contribution in [-0.4, -0.2) is 23.2 Å². The molecule has 1 N–H and O–H groups in total. The van der Waals surface area contributed by atoms with E-state index in [9.17, 15) is 9.59 Å². The van der Waals surface area contributed by atoms with Gasteiger partial charge in [-0.15, -0.1) is 0 Å². The summed E-state index contributed by atoms with van der Waals surface area (Å²) >= 11 is 6.12. The highest BCUT2D eigenvalue weighted by Crippen LogP contribution is 2.29. The number of rotatable bonds is 1. The highest BCUT2D eigenvalue weighted by Gasteiger charge is 2.33. The molecule has 0 spiro atoms. The SMILES string of the molecule is O=C1C=C(Br)C(=O)C(Br)=C1N1CN1. The third-order valence-electron chi connectivity index (χ3n) is 1.70. The van der Waals surface area contributed by atoms with Crippen LogP contribution in [0.15, 0.2) is 20.7 Å². The molecule has 68 valence electrons. The fraction of sp³-hybridized carbons (Fsp3) is 0.143. The molecule has 2 rings (SSSR count). The van der Waals surface area contributed by atoms with E-state index < -0.39 is 0 Å². The second-order valence-electron chi connectivity index (χ2n) is 2.59.